The average Bonchev–Trinajstić information content (AvgIpc) is 2.32. The molecule has 2 rings (SSSR count). The molecule has 2 aromatic rings. The molecule has 1 nitrogen and oxygen atoms in total. The number of benzene rings is 2. The van der Waals surface area contributed by atoms with Gasteiger partial charge < -0.3 is 5.73 Å². The van der Waals surface area contributed by atoms with E-state index >= 15 is 0 Å². The number of anilines is 1. The number of hydrogen-bond acceptors (Lipinski definition) is 1. The summed E-state index contributed by atoms with van der Waals surface area (Å²) in [5.41, 5.74) is 10.6. The van der Waals surface area contributed by atoms with Crippen molar-refractivity contribution in [1.29, 1.82) is 0 Å². The van der Waals surface area contributed by atoms with E-state index in [2.05, 4.69) is 50.2 Å². The monoisotopic (exact) mass is 211 g/mol. The molecule has 0 spiro atoms. The lowest BCUT2D eigenvalue weighted by Crippen LogP contribution is -2.00. The molecule has 0 bridgehead atoms. The molecule has 1 heteroatoms. The fourth-order valence-electron chi connectivity index (χ4n) is 2.05. The van der Waals surface area contributed by atoms with Crippen LogP contribution < -0.4 is 5.73 Å². The number of nitrogen functional groups attached to an aromatic ring is 1. The number of nitrogens with two attached hydrogens (primary N) is 1. The molecular weight excluding hydrogens is 194 g/mol. The van der Waals surface area contributed by atoms with Crippen LogP contribution in [0.4, 0.5) is 5.69 Å². The van der Waals surface area contributed by atoms with E-state index in [0.29, 0.717) is 5.92 Å². The standard InChI is InChI=1S/C15H17N/c1-11-8-9-14(16)10-15(11)12(2)13-6-4-3-5-7-13/h3-10,12H,16H2,1-2H3. The van der Waals surface area contributed by atoms with Crippen molar-refractivity contribution in [2.24, 2.45) is 0 Å². The van der Waals surface area contributed by atoms with E-state index in [1.165, 1.54) is 16.7 Å². The number of rotatable bonds is 2. The van der Waals surface area contributed by atoms with Crippen LogP contribution in [0.1, 0.15) is 29.5 Å². The Balaban J connectivity index is 2.41. The Bertz CT molecular complexity index is 474. The van der Waals surface area contributed by atoms with Gasteiger partial charge in [0.05, 0.1) is 0 Å². The van der Waals surface area contributed by atoms with Crippen molar-refractivity contribution in [3.05, 3.63) is 65.2 Å². The maximum Gasteiger partial charge on any atom is 0.0317 e. The van der Waals surface area contributed by atoms with E-state index in [0.717, 1.165) is 5.69 Å². The molecule has 2 N–H and O–H groups in total. The summed E-state index contributed by atoms with van der Waals surface area (Å²) >= 11 is 0. The first-order valence-corrected chi connectivity index (χ1v) is 5.59. The summed E-state index contributed by atoms with van der Waals surface area (Å²) < 4.78 is 0. The normalized spacial score (nSPS) is 12.4. The maximum absolute atomic E-state index is 5.84. The predicted octanol–water partition coefficient (Wildman–Crippen LogP) is 3.73. The van der Waals surface area contributed by atoms with Crippen molar-refractivity contribution in [3.63, 3.8) is 0 Å². The molecule has 1 atom stereocenters. The van der Waals surface area contributed by atoms with Crippen molar-refractivity contribution in [2.45, 2.75) is 19.8 Å². The highest BCUT2D eigenvalue weighted by molar-refractivity contribution is 5.48. The number of hydrogen-bond donors (Lipinski definition) is 1. The first-order chi connectivity index (χ1) is 7.68. The van der Waals surface area contributed by atoms with E-state index in [9.17, 15) is 0 Å². The van der Waals surface area contributed by atoms with Gasteiger partial charge in [0.25, 0.3) is 0 Å². The molecule has 0 aliphatic carbocycles. The second-order valence-electron chi connectivity index (χ2n) is 4.25. The van der Waals surface area contributed by atoms with Gasteiger partial charge in [-0.05, 0) is 35.7 Å². The van der Waals surface area contributed by atoms with Crippen molar-refractivity contribution in [3.8, 4) is 0 Å². The largest absolute Gasteiger partial charge is 0.399 e. The molecule has 0 fully saturated rings. The van der Waals surface area contributed by atoms with Gasteiger partial charge in [-0.2, -0.15) is 0 Å². The average molecular weight is 211 g/mol. The van der Waals surface area contributed by atoms with Gasteiger partial charge in [-0.15, -0.1) is 0 Å². The van der Waals surface area contributed by atoms with Gasteiger partial charge in [0.15, 0.2) is 0 Å². The van der Waals surface area contributed by atoms with E-state index in [4.69, 9.17) is 5.73 Å². The van der Waals surface area contributed by atoms with Crippen molar-refractivity contribution in [1.82, 2.24) is 0 Å². The van der Waals surface area contributed by atoms with Crippen LogP contribution in [0.3, 0.4) is 0 Å². The summed E-state index contributed by atoms with van der Waals surface area (Å²) in [4.78, 5) is 0. The molecular formula is C15H17N. The van der Waals surface area contributed by atoms with Gasteiger partial charge in [-0.1, -0.05) is 43.3 Å². The zero-order valence-corrected chi connectivity index (χ0v) is 9.77. The molecule has 0 saturated carbocycles. The van der Waals surface area contributed by atoms with E-state index in [1.54, 1.807) is 0 Å². The summed E-state index contributed by atoms with van der Waals surface area (Å²) in [6, 6.07) is 16.6. The lowest BCUT2D eigenvalue weighted by Gasteiger charge is -2.15. The molecule has 82 valence electrons. The molecule has 1 unspecified atom stereocenters. The second kappa shape index (κ2) is 4.40. The van der Waals surface area contributed by atoms with E-state index in [-0.39, 0.29) is 0 Å². The van der Waals surface area contributed by atoms with Crippen molar-refractivity contribution < 1.29 is 0 Å². The van der Waals surface area contributed by atoms with Crippen molar-refractivity contribution in [2.75, 3.05) is 5.73 Å². The molecule has 0 aliphatic heterocycles. The van der Waals surface area contributed by atoms with Crippen LogP contribution >= 0.6 is 0 Å². The molecule has 0 saturated heterocycles. The molecule has 0 radical (unpaired) electrons. The number of aryl methyl sites for hydroxylation is 1. The van der Waals surface area contributed by atoms with Crippen molar-refractivity contribution >= 4 is 5.69 Å². The summed E-state index contributed by atoms with van der Waals surface area (Å²) in [6.07, 6.45) is 0. The van der Waals surface area contributed by atoms with Gasteiger partial charge in [0, 0.05) is 11.6 Å². The SMILES string of the molecule is Cc1ccc(N)cc1C(C)c1ccccc1. The third-order valence-corrected chi connectivity index (χ3v) is 3.07. The first kappa shape index (κ1) is 10.7. The predicted molar refractivity (Wildman–Crippen MR) is 69.6 cm³/mol. The molecule has 16 heavy (non-hydrogen) atoms. The Morgan fingerprint density at radius 3 is 2.38 bits per heavy atom. The Morgan fingerprint density at radius 2 is 1.69 bits per heavy atom. The lowest BCUT2D eigenvalue weighted by molar-refractivity contribution is 0.911. The van der Waals surface area contributed by atoms with Crippen LogP contribution in [-0.4, -0.2) is 0 Å². The highest BCUT2D eigenvalue weighted by Gasteiger charge is 2.10. The zero-order chi connectivity index (χ0) is 11.5. The minimum absolute atomic E-state index is 0.393. The fraction of sp³-hybridized carbons (Fsp3) is 0.200. The smallest absolute Gasteiger partial charge is 0.0317 e. The summed E-state index contributed by atoms with van der Waals surface area (Å²) in [5, 5.41) is 0. The Kier molecular flexibility index (Phi) is 2.95. The molecule has 2 aromatic carbocycles. The van der Waals surface area contributed by atoms with E-state index < -0.39 is 0 Å². The van der Waals surface area contributed by atoms with Gasteiger partial charge in [0.1, 0.15) is 0 Å². The highest BCUT2D eigenvalue weighted by Crippen LogP contribution is 2.27. The fourth-order valence-corrected chi connectivity index (χ4v) is 2.05. The second-order valence-corrected chi connectivity index (χ2v) is 4.25. The molecule has 0 aromatic heterocycles. The van der Waals surface area contributed by atoms with Gasteiger partial charge in [-0.3, -0.25) is 0 Å². The van der Waals surface area contributed by atoms with Gasteiger partial charge in [0.2, 0.25) is 0 Å². The van der Waals surface area contributed by atoms with Crippen LogP contribution in [-0.2, 0) is 0 Å². The molecule has 0 amide bonds. The third-order valence-electron chi connectivity index (χ3n) is 3.07. The Labute approximate surface area is 96.9 Å². The van der Waals surface area contributed by atoms with Crippen LogP contribution in [0.15, 0.2) is 48.5 Å². The third kappa shape index (κ3) is 2.08. The topological polar surface area (TPSA) is 26.0 Å². The van der Waals surface area contributed by atoms with Crippen LogP contribution in [0, 0.1) is 6.92 Å². The molecule has 0 aliphatic rings. The quantitative estimate of drug-likeness (QED) is 0.752. The zero-order valence-electron chi connectivity index (χ0n) is 9.77. The van der Waals surface area contributed by atoms with Gasteiger partial charge >= 0.3 is 0 Å². The highest BCUT2D eigenvalue weighted by atomic mass is 14.5. The summed E-state index contributed by atoms with van der Waals surface area (Å²) in [7, 11) is 0. The first-order valence-electron chi connectivity index (χ1n) is 5.59. The lowest BCUT2D eigenvalue weighted by atomic mass is 9.90. The minimum atomic E-state index is 0.393. The minimum Gasteiger partial charge on any atom is -0.399 e. The Morgan fingerprint density at radius 1 is 1.00 bits per heavy atom. The van der Waals surface area contributed by atoms with E-state index in [1.807, 2.05) is 12.1 Å². The Hall–Kier alpha value is -1.76. The summed E-state index contributed by atoms with van der Waals surface area (Å²) in [5.74, 6) is 0.393. The van der Waals surface area contributed by atoms with Crippen LogP contribution in [0.25, 0.3) is 0 Å². The van der Waals surface area contributed by atoms with Crippen LogP contribution in [0.2, 0.25) is 0 Å². The van der Waals surface area contributed by atoms with Crippen LogP contribution in [0.5, 0.6) is 0 Å². The maximum atomic E-state index is 5.84. The van der Waals surface area contributed by atoms with Gasteiger partial charge in [-0.25, -0.2) is 0 Å². The summed E-state index contributed by atoms with van der Waals surface area (Å²) in [6.45, 7) is 4.35. The molecule has 0 heterocycles.